The third-order valence-electron chi connectivity index (χ3n) is 6.75. The standard InChI is InChI=1S/C28H35Cl2N3O4/c1-3-27-31-11-14-33(27)15-16-36-25-8-5-21(17-26(25)35-2)19-32-12-4-9-28(34,10-13-32)20-37-22-6-7-23(29)24(30)18-22/h5-8,11,14,17-18,34H,3-4,9-10,12-13,15-16,19-20H2,1-2H3/t28-/m1/s1. The van der Waals surface area contributed by atoms with E-state index < -0.39 is 5.60 Å². The number of rotatable bonds is 11. The Hall–Kier alpha value is -2.45. The first-order valence-electron chi connectivity index (χ1n) is 12.7. The van der Waals surface area contributed by atoms with E-state index in [9.17, 15) is 5.11 Å². The van der Waals surface area contributed by atoms with Gasteiger partial charge in [0.15, 0.2) is 11.5 Å². The van der Waals surface area contributed by atoms with Gasteiger partial charge in [-0.2, -0.15) is 0 Å². The van der Waals surface area contributed by atoms with Gasteiger partial charge in [-0.15, -0.1) is 0 Å². The van der Waals surface area contributed by atoms with Crippen LogP contribution < -0.4 is 14.2 Å². The molecule has 0 bridgehead atoms. The summed E-state index contributed by atoms with van der Waals surface area (Å²) in [5.74, 6) is 3.11. The number of aromatic nitrogens is 2. The summed E-state index contributed by atoms with van der Waals surface area (Å²) in [6, 6.07) is 11.2. The molecule has 1 aliphatic heterocycles. The molecule has 200 valence electrons. The van der Waals surface area contributed by atoms with Gasteiger partial charge in [0.2, 0.25) is 0 Å². The van der Waals surface area contributed by atoms with Crippen molar-refractivity contribution >= 4 is 23.2 Å². The maximum Gasteiger partial charge on any atom is 0.161 e. The number of hydrogen-bond donors (Lipinski definition) is 1. The summed E-state index contributed by atoms with van der Waals surface area (Å²) >= 11 is 12.1. The molecule has 9 heteroatoms. The summed E-state index contributed by atoms with van der Waals surface area (Å²) < 4.78 is 19.6. The number of aryl methyl sites for hydroxylation is 1. The average molecular weight is 549 g/mol. The third-order valence-corrected chi connectivity index (χ3v) is 7.49. The summed E-state index contributed by atoms with van der Waals surface area (Å²) in [6.07, 6.45) is 6.87. The fourth-order valence-corrected chi connectivity index (χ4v) is 4.91. The van der Waals surface area contributed by atoms with Crippen LogP contribution in [0.25, 0.3) is 0 Å². The van der Waals surface area contributed by atoms with Crippen molar-refractivity contribution in [2.75, 3.05) is 33.4 Å². The summed E-state index contributed by atoms with van der Waals surface area (Å²) in [7, 11) is 1.66. The van der Waals surface area contributed by atoms with Crippen molar-refractivity contribution in [2.24, 2.45) is 0 Å². The summed E-state index contributed by atoms with van der Waals surface area (Å²) in [5.41, 5.74) is 0.257. The van der Waals surface area contributed by atoms with Crippen LogP contribution in [0.15, 0.2) is 48.8 Å². The van der Waals surface area contributed by atoms with Crippen molar-refractivity contribution in [2.45, 2.75) is 51.3 Å². The van der Waals surface area contributed by atoms with Crippen molar-refractivity contribution in [1.29, 1.82) is 0 Å². The van der Waals surface area contributed by atoms with E-state index in [2.05, 4.69) is 27.4 Å². The highest BCUT2D eigenvalue weighted by molar-refractivity contribution is 6.42. The lowest BCUT2D eigenvalue weighted by atomic mass is 9.96. The molecule has 0 saturated carbocycles. The Morgan fingerprint density at radius 1 is 1.03 bits per heavy atom. The van der Waals surface area contributed by atoms with Gasteiger partial charge in [0.25, 0.3) is 0 Å². The van der Waals surface area contributed by atoms with Crippen LogP contribution in [0.5, 0.6) is 17.2 Å². The van der Waals surface area contributed by atoms with Gasteiger partial charge in [-0.25, -0.2) is 4.98 Å². The predicted molar refractivity (Wildman–Crippen MR) is 146 cm³/mol. The van der Waals surface area contributed by atoms with Crippen molar-refractivity contribution in [3.8, 4) is 17.2 Å². The van der Waals surface area contributed by atoms with Gasteiger partial charge < -0.3 is 23.9 Å². The Labute approximate surface area is 228 Å². The average Bonchev–Trinajstić information content (AvgIpc) is 3.28. The van der Waals surface area contributed by atoms with Crippen LogP contribution in [0.4, 0.5) is 0 Å². The zero-order chi connectivity index (χ0) is 26.3. The number of hydrogen-bond acceptors (Lipinski definition) is 6. The second-order valence-electron chi connectivity index (χ2n) is 9.44. The van der Waals surface area contributed by atoms with E-state index in [0.717, 1.165) is 61.9 Å². The first-order valence-corrected chi connectivity index (χ1v) is 13.5. The van der Waals surface area contributed by atoms with Crippen molar-refractivity contribution in [1.82, 2.24) is 14.5 Å². The maximum absolute atomic E-state index is 11.2. The zero-order valence-corrected chi connectivity index (χ0v) is 23.0. The van der Waals surface area contributed by atoms with E-state index in [4.69, 9.17) is 37.4 Å². The molecule has 0 spiro atoms. The SMILES string of the molecule is CCc1nccn1CCOc1ccc(CN2CCC[C@](O)(COc3ccc(Cl)c(Cl)c3)CC2)cc1OC. The van der Waals surface area contributed by atoms with Gasteiger partial charge in [0, 0.05) is 38.0 Å². The van der Waals surface area contributed by atoms with Gasteiger partial charge in [-0.3, -0.25) is 4.90 Å². The van der Waals surface area contributed by atoms with E-state index in [1.807, 2.05) is 24.5 Å². The molecule has 0 unspecified atom stereocenters. The Morgan fingerprint density at radius 3 is 2.68 bits per heavy atom. The number of imidazole rings is 1. The van der Waals surface area contributed by atoms with Crippen LogP contribution in [-0.4, -0.2) is 58.6 Å². The molecule has 0 amide bonds. The molecule has 37 heavy (non-hydrogen) atoms. The number of benzene rings is 2. The minimum absolute atomic E-state index is 0.220. The minimum atomic E-state index is -0.886. The number of ether oxygens (including phenoxy) is 3. The number of methoxy groups -OCH3 is 1. The lowest BCUT2D eigenvalue weighted by Crippen LogP contribution is -2.37. The molecule has 1 N–H and O–H groups in total. The van der Waals surface area contributed by atoms with E-state index in [1.165, 1.54) is 0 Å². The van der Waals surface area contributed by atoms with Gasteiger partial charge >= 0.3 is 0 Å². The first-order chi connectivity index (χ1) is 17.9. The highest BCUT2D eigenvalue weighted by Crippen LogP contribution is 2.31. The predicted octanol–water partition coefficient (Wildman–Crippen LogP) is 5.64. The summed E-state index contributed by atoms with van der Waals surface area (Å²) in [6.45, 7) is 6.03. The lowest BCUT2D eigenvalue weighted by Gasteiger charge is -2.27. The van der Waals surface area contributed by atoms with Gasteiger partial charge in [0.1, 0.15) is 24.8 Å². The second-order valence-corrected chi connectivity index (χ2v) is 10.3. The Morgan fingerprint density at radius 2 is 1.89 bits per heavy atom. The topological polar surface area (TPSA) is 69.0 Å². The monoisotopic (exact) mass is 547 g/mol. The smallest absolute Gasteiger partial charge is 0.161 e. The molecule has 2 heterocycles. The molecule has 0 radical (unpaired) electrons. The molecule has 0 aliphatic carbocycles. The largest absolute Gasteiger partial charge is 0.493 e. The van der Waals surface area contributed by atoms with Gasteiger partial charge in [-0.05, 0) is 55.6 Å². The Kier molecular flexibility index (Phi) is 9.60. The number of aliphatic hydroxyl groups is 1. The summed E-state index contributed by atoms with van der Waals surface area (Å²) in [4.78, 5) is 6.71. The molecule has 1 aliphatic rings. The number of halogens is 2. The molecule has 4 rings (SSSR count). The van der Waals surface area contributed by atoms with Crippen LogP contribution >= 0.6 is 23.2 Å². The molecular weight excluding hydrogens is 513 g/mol. The molecule has 1 saturated heterocycles. The van der Waals surface area contributed by atoms with E-state index in [1.54, 1.807) is 25.3 Å². The normalized spacial score (nSPS) is 18.4. The molecule has 2 aromatic carbocycles. The fourth-order valence-electron chi connectivity index (χ4n) is 4.62. The van der Waals surface area contributed by atoms with Crippen molar-refractivity contribution in [3.05, 3.63) is 70.2 Å². The van der Waals surface area contributed by atoms with Crippen LogP contribution in [0, 0.1) is 0 Å². The molecule has 1 aromatic heterocycles. The lowest BCUT2D eigenvalue weighted by molar-refractivity contribution is -0.0168. The molecule has 1 fully saturated rings. The van der Waals surface area contributed by atoms with Crippen LogP contribution in [0.1, 0.15) is 37.6 Å². The van der Waals surface area contributed by atoms with E-state index >= 15 is 0 Å². The Balaban J connectivity index is 1.29. The summed E-state index contributed by atoms with van der Waals surface area (Å²) in [5, 5.41) is 12.1. The fraction of sp³-hybridized carbons (Fsp3) is 0.464. The van der Waals surface area contributed by atoms with E-state index in [-0.39, 0.29) is 6.61 Å². The molecule has 3 aromatic rings. The first kappa shape index (κ1) is 27.6. The highest BCUT2D eigenvalue weighted by Gasteiger charge is 2.31. The number of nitrogens with zero attached hydrogens (tertiary/aromatic N) is 3. The van der Waals surface area contributed by atoms with Gasteiger partial charge in [-0.1, -0.05) is 36.2 Å². The molecule has 1 atom stereocenters. The van der Waals surface area contributed by atoms with Crippen LogP contribution in [0.3, 0.4) is 0 Å². The van der Waals surface area contributed by atoms with Crippen LogP contribution in [0.2, 0.25) is 10.0 Å². The van der Waals surface area contributed by atoms with Crippen molar-refractivity contribution < 1.29 is 19.3 Å². The molecular formula is C28H35Cl2N3O4. The third kappa shape index (κ3) is 7.54. The second kappa shape index (κ2) is 12.9. The quantitative estimate of drug-likeness (QED) is 0.335. The van der Waals surface area contributed by atoms with Gasteiger partial charge in [0.05, 0.1) is 29.3 Å². The highest BCUT2D eigenvalue weighted by atomic mass is 35.5. The Bertz CT molecular complexity index is 1170. The molecule has 7 nitrogen and oxygen atoms in total. The zero-order valence-electron chi connectivity index (χ0n) is 21.5. The minimum Gasteiger partial charge on any atom is -0.493 e. The van der Waals surface area contributed by atoms with Crippen LogP contribution in [-0.2, 0) is 19.5 Å². The van der Waals surface area contributed by atoms with E-state index in [0.29, 0.717) is 35.2 Å². The maximum atomic E-state index is 11.2. The number of likely N-dealkylation sites (tertiary alicyclic amines) is 1. The van der Waals surface area contributed by atoms with Crippen molar-refractivity contribution in [3.63, 3.8) is 0 Å².